The molecule has 0 fully saturated rings. The van der Waals surface area contributed by atoms with Crippen molar-refractivity contribution in [2.75, 3.05) is 6.79 Å². The highest BCUT2D eigenvalue weighted by atomic mass is 19.2. The van der Waals surface area contributed by atoms with Crippen molar-refractivity contribution in [3.8, 4) is 0 Å². The molecule has 0 spiro atoms. The van der Waals surface area contributed by atoms with E-state index >= 15 is 35.1 Å². The summed E-state index contributed by atoms with van der Waals surface area (Å²) in [5.41, 5.74) is -12.8. The van der Waals surface area contributed by atoms with Gasteiger partial charge in [0.1, 0.15) is 52.7 Å². The summed E-state index contributed by atoms with van der Waals surface area (Å²) >= 11 is 0. The fourth-order valence-electron chi connectivity index (χ4n) is 7.40. The van der Waals surface area contributed by atoms with Crippen LogP contribution >= 0.6 is 0 Å². The first-order valence-electron chi connectivity index (χ1n) is 18.0. The van der Waals surface area contributed by atoms with Crippen LogP contribution in [0.1, 0.15) is 16.1 Å². The monoisotopic (exact) mass is 973 g/mol. The molecule has 67 heavy (non-hydrogen) atoms. The summed E-state index contributed by atoms with van der Waals surface area (Å²) < 4.78 is 301. The summed E-state index contributed by atoms with van der Waals surface area (Å²) in [5, 5.41) is 10.7. The van der Waals surface area contributed by atoms with Gasteiger partial charge in [0.25, 0.3) is 5.69 Å². The number of nitrogens with zero attached hydrogens (tertiary/aromatic N) is 1. The number of fused-ring (bicyclic) bond motifs is 1. The van der Waals surface area contributed by atoms with E-state index in [2.05, 4.69) is 0 Å². The van der Waals surface area contributed by atoms with Crippen LogP contribution in [0.5, 0.6) is 0 Å². The van der Waals surface area contributed by atoms with E-state index in [0.717, 1.165) is 16.3 Å². The van der Waals surface area contributed by atoms with E-state index in [4.69, 9.17) is 9.84 Å². The molecule has 0 aliphatic rings. The molecule has 0 aliphatic carbocycles. The maximum atomic E-state index is 15.4. The molecule has 0 saturated heterocycles. The summed E-state index contributed by atoms with van der Waals surface area (Å²) in [6.07, 6.45) is -5.35. The molecule has 0 aliphatic heterocycles. The average Bonchev–Trinajstić information content (AvgIpc) is 3.31. The lowest BCUT2D eigenvalue weighted by atomic mass is 9.12. The number of halogens is 20. The Kier molecular flexibility index (Phi) is 13.7. The molecule has 7 rings (SSSR count). The van der Waals surface area contributed by atoms with Gasteiger partial charge in [0.05, 0.1) is 5.39 Å². The second-order valence-corrected chi connectivity index (χ2v) is 13.7. The second-order valence-electron chi connectivity index (χ2n) is 13.7. The SMILES string of the molecule is Fc1c(F)c(F)c([B-](c2c(F)c(F)c(F)c(F)c2F)(c2c(F)c(F)c(F)c(F)c2F)c2c(F)c(F)c(F)c(F)c2F)c(F)c1F.O=C(OCO)c1c2ccccc2cc[n+]1Cc1ccccc1. The predicted molar refractivity (Wildman–Crippen MR) is 191 cm³/mol. The molecule has 0 unspecified atom stereocenters. The second kappa shape index (κ2) is 18.6. The number of benzene rings is 6. The van der Waals surface area contributed by atoms with Gasteiger partial charge in [-0.2, -0.15) is 4.57 Å². The number of hydrogen-bond donors (Lipinski definition) is 1. The van der Waals surface area contributed by atoms with Crippen molar-refractivity contribution in [3.63, 3.8) is 0 Å². The fraction of sp³-hybridized carbons (Fsp3) is 0.0476. The fourth-order valence-corrected chi connectivity index (χ4v) is 7.40. The van der Waals surface area contributed by atoms with Crippen molar-refractivity contribution in [1.82, 2.24) is 0 Å². The Labute approximate surface area is 359 Å². The molecule has 0 atom stereocenters. The zero-order chi connectivity index (χ0) is 49.7. The van der Waals surface area contributed by atoms with E-state index in [-0.39, 0.29) is 0 Å². The van der Waals surface area contributed by atoms with Crippen LogP contribution in [-0.4, -0.2) is 24.0 Å². The van der Waals surface area contributed by atoms with Crippen LogP contribution in [0, 0.1) is 116 Å². The number of esters is 1. The van der Waals surface area contributed by atoms with Gasteiger partial charge in [-0.25, -0.2) is 92.6 Å². The third-order valence-corrected chi connectivity index (χ3v) is 10.2. The van der Waals surface area contributed by atoms with Crippen LogP contribution in [-0.2, 0) is 11.3 Å². The Morgan fingerprint density at radius 1 is 0.418 bits per heavy atom. The van der Waals surface area contributed by atoms with E-state index in [9.17, 15) is 57.5 Å². The van der Waals surface area contributed by atoms with Crippen LogP contribution in [0.25, 0.3) is 10.8 Å². The van der Waals surface area contributed by atoms with Crippen molar-refractivity contribution in [3.05, 3.63) is 194 Å². The topological polar surface area (TPSA) is 50.4 Å². The van der Waals surface area contributed by atoms with Gasteiger partial charge in [0.2, 0.25) is 0 Å². The lowest BCUT2D eigenvalue weighted by molar-refractivity contribution is -0.689. The number of carbonyl (C=O) groups excluding carboxylic acids is 1. The summed E-state index contributed by atoms with van der Waals surface area (Å²) in [6, 6.07) is 19.5. The van der Waals surface area contributed by atoms with E-state index in [1.54, 1.807) is 0 Å². The largest absolute Gasteiger partial charge is 0.431 e. The number of aromatic nitrogens is 1. The zero-order valence-corrected chi connectivity index (χ0v) is 32.1. The highest BCUT2D eigenvalue weighted by Gasteiger charge is 2.52. The number of ether oxygens (including phenoxy) is 1. The normalized spacial score (nSPS) is 11.5. The van der Waals surface area contributed by atoms with Gasteiger partial charge in [-0.15, -0.1) is 21.9 Å². The molecule has 25 heteroatoms. The van der Waals surface area contributed by atoms with Gasteiger partial charge in [-0.05, 0) is 11.5 Å². The Bertz CT molecular complexity index is 2770. The molecule has 0 saturated carbocycles. The molecular formula is C42H16BF20NO3. The number of carbonyl (C=O) groups is 1. The highest BCUT2D eigenvalue weighted by Crippen LogP contribution is 2.31. The van der Waals surface area contributed by atoms with Crippen molar-refractivity contribution >= 4 is 44.7 Å². The minimum atomic E-state index is -7.22. The molecule has 6 aromatic carbocycles. The van der Waals surface area contributed by atoms with Gasteiger partial charge in [0.15, 0.2) is 89.3 Å². The first kappa shape index (κ1) is 49.3. The quantitative estimate of drug-likeness (QED) is 0.0319. The number of aliphatic hydroxyl groups excluding tert-OH is 1. The maximum Gasteiger partial charge on any atom is 0.406 e. The van der Waals surface area contributed by atoms with Crippen LogP contribution in [0.3, 0.4) is 0 Å². The Hall–Kier alpha value is -7.18. The van der Waals surface area contributed by atoms with Gasteiger partial charge in [-0.3, -0.25) is 0 Å². The minimum Gasteiger partial charge on any atom is -0.431 e. The van der Waals surface area contributed by atoms with E-state index in [1.165, 1.54) is 0 Å². The Balaban J connectivity index is 0.000000279. The number of rotatable bonds is 8. The molecule has 4 nitrogen and oxygen atoms in total. The predicted octanol–water partition coefficient (Wildman–Crippen LogP) is 8.13. The minimum absolute atomic E-state index is 0.441. The number of aliphatic hydroxyl groups is 1. The third-order valence-electron chi connectivity index (χ3n) is 10.2. The highest BCUT2D eigenvalue weighted by molar-refractivity contribution is 7.20. The molecule has 1 aromatic heterocycles. The van der Waals surface area contributed by atoms with Crippen molar-refractivity contribution in [2.24, 2.45) is 0 Å². The standard InChI is InChI=1S/C24BF20.C18H16NO3/c26-5-1(6(27)14(35)21(42)13(5)34)25(2-7(28)15(36)22(43)16(37)8(2)29,3-9(30)17(38)23(44)18(39)10(3)31)4-11(32)19(40)24(45)20(41)12(4)33;20-13-22-18(21)17-16-9-5-4-8-15(16)10-11-19(17)12-14-6-2-1-3-7-14/h;1-11,20H,12-13H2/q-1;+1. The summed E-state index contributed by atoms with van der Waals surface area (Å²) in [4.78, 5) is 12.3. The Morgan fingerprint density at radius 3 is 1.04 bits per heavy atom. The van der Waals surface area contributed by atoms with E-state index < -0.39 is 157 Å². The van der Waals surface area contributed by atoms with Gasteiger partial charge in [-0.1, -0.05) is 48.5 Å². The first-order valence-corrected chi connectivity index (χ1v) is 18.0. The van der Waals surface area contributed by atoms with E-state index in [0.29, 0.717) is 12.2 Å². The van der Waals surface area contributed by atoms with Crippen LogP contribution < -0.4 is 26.4 Å². The molecule has 1 N–H and O–H groups in total. The van der Waals surface area contributed by atoms with Crippen LogP contribution in [0.4, 0.5) is 87.8 Å². The van der Waals surface area contributed by atoms with Crippen molar-refractivity contribution in [2.45, 2.75) is 6.54 Å². The molecule has 0 amide bonds. The summed E-state index contributed by atoms with van der Waals surface area (Å²) in [6.45, 7) is -0.0745. The lowest BCUT2D eigenvalue weighted by Gasteiger charge is -2.44. The van der Waals surface area contributed by atoms with Gasteiger partial charge >= 0.3 is 5.97 Å². The van der Waals surface area contributed by atoms with Crippen molar-refractivity contribution < 1.29 is 107 Å². The number of hydrogen-bond acceptors (Lipinski definition) is 3. The van der Waals surface area contributed by atoms with Crippen molar-refractivity contribution in [1.29, 1.82) is 0 Å². The smallest absolute Gasteiger partial charge is 0.406 e. The van der Waals surface area contributed by atoms with Gasteiger partial charge in [0, 0.05) is 11.6 Å². The summed E-state index contributed by atoms with van der Waals surface area (Å²) in [7, 11) is 0. The van der Waals surface area contributed by atoms with Crippen LogP contribution in [0.2, 0.25) is 0 Å². The Morgan fingerprint density at radius 2 is 0.716 bits per heavy atom. The van der Waals surface area contributed by atoms with Crippen LogP contribution in [0.15, 0.2) is 66.9 Å². The molecular weight excluding hydrogens is 957 g/mol. The average molecular weight is 973 g/mol. The number of pyridine rings is 1. The lowest BCUT2D eigenvalue weighted by Crippen LogP contribution is -2.81. The molecule has 0 radical (unpaired) electrons. The van der Waals surface area contributed by atoms with E-state index in [1.807, 2.05) is 71.4 Å². The maximum absolute atomic E-state index is 15.4. The first-order chi connectivity index (χ1) is 31.5. The van der Waals surface area contributed by atoms with Gasteiger partial charge < -0.3 is 9.84 Å². The summed E-state index contributed by atoms with van der Waals surface area (Å²) in [5.74, 6) is -71.9. The zero-order valence-electron chi connectivity index (χ0n) is 32.1. The molecule has 7 aromatic rings. The molecule has 1 heterocycles. The third kappa shape index (κ3) is 7.82. The molecule has 350 valence electrons. The molecule has 0 bridgehead atoms.